The number of nitrogens with one attached hydrogen (secondary N) is 2. The molecule has 0 spiro atoms. The van der Waals surface area contributed by atoms with Crippen LogP contribution in [-0.2, 0) is 12.8 Å². The molecule has 4 N–H and O–H groups in total. The SMILES string of the molecule is O=C(N/N=C\c1ccc(O)c(O)c1)c1cc(-c2ccc3c4c(cccc24)CC3)n[nH]1. The fourth-order valence-electron chi connectivity index (χ4n) is 3.89. The first-order valence-corrected chi connectivity index (χ1v) is 9.55. The van der Waals surface area contributed by atoms with Crippen molar-refractivity contribution in [1.82, 2.24) is 15.6 Å². The number of hydrogen-bond donors (Lipinski definition) is 4. The summed E-state index contributed by atoms with van der Waals surface area (Å²) >= 11 is 0. The molecule has 3 aromatic carbocycles. The Hall–Kier alpha value is -4.13. The molecule has 1 aromatic heterocycles. The Morgan fingerprint density at radius 1 is 1.03 bits per heavy atom. The molecule has 1 heterocycles. The Kier molecular flexibility index (Phi) is 4.21. The number of carbonyl (C=O) groups excluding carboxylic acids is 1. The van der Waals surface area contributed by atoms with E-state index in [0.717, 1.165) is 23.8 Å². The van der Waals surface area contributed by atoms with Crippen LogP contribution < -0.4 is 5.43 Å². The molecule has 4 aromatic rings. The van der Waals surface area contributed by atoms with Crippen molar-refractivity contribution in [2.75, 3.05) is 0 Å². The number of aromatic amines is 1. The smallest absolute Gasteiger partial charge is 0.289 e. The number of rotatable bonds is 4. The predicted octanol–water partition coefficient (Wildman–Crippen LogP) is 3.50. The van der Waals surface area contributed by atoms with Crippen LogP contribution in [0, 0.1) is 0 Å². The number of carbonyl (C=O) groups is 1. The monoisotopic (exact) mass is 398 g/mol. The minimum atomic E-state index is -0.432. The number of phenolic OH excluding ortho intramolecular Hbond substituents is 2. The predicted molar refractivity (Wildman–Crippen MR) is 114 cm³/mol. The van der Waals surface area contributed by atoms with Crippen LogP contribution in [0.4, 0.5) is 0 Å². The zero-order chi connectivity index (χ0) is 20.7. The highest BCUT2D eigenvalue weighted by Crippen LogP contribution is 2.36. The number of aromatic hydroxyl groups is 2. The molecule has 0 bridgehead atoms. The average molecular weight is 398 g/mol. The van der Waals surface area contributed by atoms with E-state index in [2.05, 4.69) is 51.1 Å². The molecule has 1 amide bonds. The summed E-state index contributed by atoms with van der Waals surface area (Å²) in [4.78, 5) is 12.4. The molecule has 0 saturated carbocycles. The first kappa shape index (κ1) is 17.9. The average Bonchev–Trinajstić information content (AvgIpc) is 3.40. The molecule has 0 aliphatic heterocycles. The van der Waals surface area contributed by atoms with Gasteiger partial charge in [0.2, 0.25) is 0 Å². The molecule has 30 heavy (non-hydrogen) atoms. The molecule has 0 atom stereocenters. The highest BCUT2D eigenvalue weighted by molar-refractivity contribution is 6.02. The van der Waals surface area contributed by atoms with E-state index in [9.17, 15) is 15.0 Å². The number of nitrogens with zero attached hydrogens (tertiary/aromatic N) is 2. The summed E-state index contributed by atoms with van der Waals surface area (Å²) in [6.07, 6.45) is 3.49. The molecular weight excluding hydrogens is 380 g/mol. The lowest BCUT2D eigenvalue weighted by molar-refractivity contribution is 0.0950. The number of benzene rings is 3. The number of hydrazone groups is 1. The lowest BCUT2D eigenvalue weighted by atomic mass is 9.98. The van der Waals surface area contributed by atoms with Gasteiger partial charge in [0.1, 0.15) is 5.69 Å². The largest absolute Gasteiger partial charge is 0.504 e. The number of amides is 1. The highest BCUT2D eigenvalue weighted by atomic mass is 16.3. The van der Waals surface area contributed by atoms with Crippen LogP contribution >= 0.6 is 0 Å². The van der Waals surface area contributed by atoms with Crippen molar-refractivity contribution in [3.8, 4) is 22.8 Å². The molecular formula is C23H18N4O3. The Bertz CT molecular complexity index is 1310. The topological polar surface area (TPSA) is 111 Å². The first-order chi connectivity index (χ1) is 14.6. The maximum absolute atomic E-state index is 12.4. The summed E-state index contributed by atoms with van der Waals surface area (Å²) in [6.45, 7) is 0. The highest BCUT2D eigenvalue weighted by Gasteiger charge is 2.18. The lowest BCUT2D eigenvalue weighted by Crippen LogP contribution is -2.17. The third kappa shape index (κ3) is 3.06. The summed E-state index contributed by atoms with van der Waals surface area (Å²) < 4.78 is 0. The lowest BCUT2D eigenvalue weighted by Gasteiger charge is -2.06. The second kappa shape index (κ2) is 7.04. The van der Waals surface area contributed by atoms with Crippen molar-refractivity contribution in [3.63, 3.8) is 0 Å². The molecule has 5 rings (SSSR count). The quantitative estimate of drug-likeness (QED) is 0.239. The standard InChI is InChI=1S/C23H18N4O3/c28-20-9-4-13(10-21(20)29)12-24-27-23(30)19-11-18(25-26-19)16-8-7-15-6-5-14-2-1-3-17(16)22(14)15/h1-4,7-12,28-29H,5-6H2,(H,25,26)(H,27,30)/b24-12-. The van der Waals surface area contributed by atoms with Gasteiger partial charge in [0, 0.05) is 5.56 Å². The van der Waals surface area contributed by atoms with Gasteiger partial charge in [-0.1, -0.05) is 30.3 Å². The van der Waals surface area contributed by atoms with Gasteiger partial charge in [-0.2, -0.15) is 10.2 Å². The Labute approximate surface area is 171 Å². The van der Waals surface area contributed by atoms with Crippen molar-refractivity contribution in [2.45, 2.75) is 12.8 Å². The number of aromatic nitrogens is 2. The Balaban J connectivity index is 1.37. The van der Waals surface area contributed by atoms with E-state index in [1.807, 2.05) is 0 Å². The fraction of sp³-hybridized carbons (Fsp3) is 0.0870. The molecule has 148 valence electrons. The van der Waals surface area contributed by atoms with Crippen LogP contribution in [0.15, 0.2) is 59.7 Å². The Morgan fingerprint density at radius 3 is 2.70 bits per heavy atom. The zero-order valence-electron chi connectivity index (χ0n) is 15.9. The van der Waals surface area contributed by atoms with Crippen LogP contribution in [-0.4, -0.2) is 32.5 Å². The summed E-state index contributed by atoms with van der Waals surface area (Å²) in [5.41, 5.74) is 7.64. The summed E-state index contributed by atoms with van der Waals surface area (Å²) in [5, 5.41) is 32.3. The van der Waals surface area contributed by atoms with Crippen LogP contribution in [0.3, 0.4) is 0 Å². The van der Waals surface area contributed by atoms with Gasteiger partial charge in [-0.25, -0.2) is 5.43 Å². The molecule has 0 fully saturated rings. The van der Waals surface area contributed by atoms with E-state index in [4.69, 9.17) is 0 Å². The van der Waals surface area contributed by atoms with Gasteiger partial charge < -0.3 is 10.2 Å². The summed E-state index contributed by atoms with van der Waals surface area (Å²) in [6, 6.07) is 16.5. The number of H-pyrrole nitrogens is 1. The zero-order valence-corrected chi connectivity index (χ0v) is 15.9. The number of phenols is 2. The summed E-state index contributed by atoms with van der Waals surface area (Å²) in [5.74, 6) is -0.906. The minimum absolute atomic E-state index is 0.218. The molecule has 1 aliphatic rings. The van der Waals surface area contributed by atoms with Crippen molar-refractivity contribution < 1.29 is 15.0 Å². The normalized spacial score (nSPS) is 12.7. The molecule has 1 aliphatic carbocycles. The van der Waals surface area contributed by atoms with Gasteiger partial charge in [-0.15, -0.1) is 0 Å². The molecule has 0 unspecified atom stereocenters. The maximum Gasteiger partial charge on any atom is 0.289 e. The van der Waals surface area contributed by atoms with Crippen molar-refractivity contribution in [1.29, 1.82) is 0 Å². The van der Waals surface area contributed by atoms with Crippen molar-refractivity contribution in [3.05, 3.63) is 77.0 Å². The number of hydrogen-bond acceptors (Lipinski definition) is 5. The van der Waals surface area contributed by atoms with Crippen LogP contribution in [0.1, 0.15) is 27.2 Å². The Morgan fingerprint density at radius 2 is 1.87 bits per heavy atom. The molecule has 7 heteroatoms. The van der Waals surface area contributed by atoms with E-state index in [1.54, 1.807) is 12.1 Å². The summed E-state index contributed by atoms with van der Waals surface area (Å²) in [7, 11) is 0. The van der Waals surface area contributed by atoms with Crippen LogP contribution in [0.2, 0.25) is 0 Å². The second-order valence-corrected chi connectivity index (χ2v) is 7.23. The van der Waals surface area contributed by atoms with Crippen molar-refractivity contribution in [2.24, 2.45) is 5.10 Å². The third-order valence-corrected chi connectivity index (χ3v) is 5.35. The fourth-order valence-corrected chi connectivity index (χ4v) is 3.89. The van der Waals surface area contributed by atoms with Gasteiger partial charge in [-0.3, -0.25) is 9.89 Å². The van der Waals surface area contributed by atoms with Gasteiger partial charge in [0.25, 0.3) is 5.91 Å². The molecule has 7 nitrogen and oxygen atoms in total. The van der Waals surface area contributed by atoms with Crippen molar-refractivity contribution >= 4 is 22.9 Å². The maximum atomic E-state index is 12.4. The second-order valence-electron chi connectivity index (χ2n) is 7.23. The number of aryl methyl sites for hydroxylation is 2. The van der Waals surface area contributed by atoms with Crippen LogP contribution in [0.25, 0.3) is 22.0 Å². The van der Waals surface area contributed by atoms with Crippen LogP contribution in [0.5, 0.6) is 11.5 Å². The van der Waals surface area contributed by atoms with Gasteiger partial charge in [-0.05, 0) is 64.6 Å². The van der Waals surface area contributed by atoms with E-state index >= 15 is 0 Å². The molecule has 0 saturated heterocycles. The minimum Gasteiger partial charge on any atom is -0.504 e. The third-order valence-electron chi connectivity index (χ3n) is 5.35. The first-order valence-electron chi connectivity index (χ1n) is 9.55. The van der Waals surface area contributed by atoms with Gasteiger partial charge in [0.05, 0.1) is 11.9 Å². The van der Waals surface area contributed by atoms with E-state index in [0.29, 0.717) is 17.0 Å². The van der Waals surface area contributed by atoms with E-state index < -0.39 is 5.91 Å². The van der Waals surface area contributed by atoms with Gasteiger partial charge >= 0.3 is 0 Å². The van der Waals surface area contributed by atoms with E-state index in [-0.39, 0.29) is 11.5 Å². The van der Waals surface area contributed by atoms with E-state index in [1.165, 1.54) is 34.9 Å². The molecule has 0 radical (unpaired) electrons. The van der Waals surface area contributed by atoms with Gasteiger partial charge in [0.15, 0.2) is 11.5 Å².